The molecule has 1 atom stereocenters. The topological polar surface area (TPSA) is 78.8 Å². The van der Waals surface area contributed by atoms with Crippen molar-refractivity contribution in [1.29, 1.82) is 0 Å². The molecule has 0 spiro atoms. The zero-order chi connectivity index (χ0) is 18.6. The van der Waals surface area contributed by atoms with Crippen LogP contribution in [0.1, 0.15) is 24.0 Å². The average Bonchev–Trinajstić information content (AvgIpc) is 3.14. The number of benzene rings is 2. The van der Waals surface area contributed by atoms with E-state index in [9.17, 15) is 13.2 Å². The van der Waals surface area contributed by atoms with Crippen LogP contribution in [0.2, 0.25) is 0 Å². The van der Waals surface area contributed by atoms with Crippen molar-refractivity contribution in [3.8, 4) is 0 Å². The molecular formula is C19H21N3O3S. The van der Waals surface area contributed by atoms with E-state index >= 15 is 0 Å². The number of hydrogen-bond donors (Lipinski definition) is 1. The summed E-state index contributed by atoms with van der Waals surface area (Å²) in [6.07, 6.45) is 2.29. The standard InChI is InChI=1S/C19H21N3O3S/c1-26(24,25)22-14-8-13-17(22)19(23)21-20-18(15-9-4-2-5-10-15)16-11-6-3-7-12-16/h2-7,9-12,17H,8,13-14H2,1H3,(H,21,23). The minimum atomic E-state index is -3.42. The van der Waals surface area contributed by atoms with Gasteiger partial charge >= 0.3 is 0 Å². The summed E-state index contributed by atoms with van der Waals surface area (Å²) in [6, 6.07) is 18.4. The highest BCUT2D eigenvalue weighted by molar-refractivity contribution is 7.88. The zero-order valence-corrected chi connectivity index (χ0v) is 15.3. The summed E-state index contributed by atoms with van der Waals surface area (Å²) < 4.78 is 24.9. The fourth-order valence-electron chi connectivity index (χ4n) is 3.07. The van der Waals surface area contributed by atoms with Crippen molar-refractivity contribution in [2.24, 2.45) is 5.10 Å². The molecule has 1 saturated heterocycles. The maximum Gasteiger partial charge on any atom is 0.258 e. The minimum Gasteiger partial charge on any atom is -0.271 e. The molecule has 1 unspecified atom stereocenters. The molecule has 1 aliphatic rings. The van der Waals surface area contributed by atoms with E-state index in [4.69, 9.17) is 0 Å². The maximum absolute atomic E-state index is 12.5. The Hall–Kier alpha value is -2.51. The van der Waals surface area contributed by atoms with Gasteiger partial charge in [-0.05, 0) is 12.8 Å². The molecule has 0 saturated carbocycles. The van der Waals surface area contributed by atoms with Gasteiger partial charge < -0.3 is 0 Å². The van der Waals surface area contributed by atoms with E-state index in [1.54, 1.807) is 0 Å². The molecule has 26 heavy (non-hydrogen) atoms. The van der Waals surface area contributed by atoms with Crippen LogP contribution in [0, 0.1) is 0 Å². The van der Waals surface area contributed by atoms with E-state index in [1.807, 2.05) is 60.7 Å². The van der Waals surface area contributed by atoms with Gasteiger partial charge in [0.2, 0.25) is 10.0 Å². The van der Waals surface area contributed by atoms with Gasteiger partial charge in [0, 0.05) is 17.7 Å². The quantitative estimate of drug-likeness (QED) is 0.645. The number of amides is 1. The molecule has 0 bridgehead atoms. The Bertz CT molecular complexity index is 855. The fourth-order valence-corrected chi connectivity index (χ4v) is 4.20. The first-order valence-electron chi connectivity index (χ1n) is 8.42. The van der Waals surface area contributed by atoms with Crippen molar-refractivity contribution >= 4 is 21.6 Å². The molecule has 3 rings (SSSR count). The average molecular weight is 371 g/mol. The second kappa shape index (κ2) is 7.80. The van der Waals surface area contributed by atoms with Gasteiger partial charge in [-0.25, -0.2) is 13.8 Å². The van der Waals surface area contributed by atoms with Crippen LogP contribution in [-0.2, 0) is 14.8 Å². The number of hydrogen-bond acceptors (Lipinski definition) is 4. The first-order valence-corrected chi connectivity index (χ1v) is 10.3. The van der Waals surface area contributed by atoms with Crippen molar-refractivity contribution in [2.45, 2.75) is 18.9 Å². The van der Waals surface area contributed by atoms with Gasteiger partial charge in [-0.2, -0.15) is 9.41 Å². The smallest absolute Gasteiger partial charge is 0.258 e. The molecule has 1 heterocycles. The van der Waals surface area contributed by atoms with Gasteiger partial charge in [-0.15, -0.1) is 0 Å². The van der Waals surface area contributed by atoms with E-state index in [-0.39, 0.29) is 0 Å². The lowest BCUT2D eigenvalue weighted by Gasteiger charge is -2.20. The largest absolute Gasteiger partial charge is 0.271 e. The predicted molar refractivity (Wildman–Crippen MR) is 101 cm³/mol. The van der Waals surface area contributed by atoms with Gasteiger partial charge in [0.1, 0.15) is 6.04 Å². The Kier molecular flexibility index (Phi) is 5.49. The molecule has 136 valence electrons. The van der Waals surface area contributed by atoms with E-state index < -0.39 is 22.0 Å². The number of nitrogens with zero attached hydrogens (tertiary/aromatic N) is 2. The summed E-state index contributed by atoms with van der Waals surface area (Å²) >= 11 is 0. The monoisotopic (exact) mass is 371 g/mol. The summed E-state index contributed by atoms with van der Waals surface area (Å²) in [4.78, 5) is 12.5. The predicted octanol–water partition coefficient (Wildman–Crippen LogP) is 1.98. The molecule has 1 N–H and O–H groups in total. The lowest BCUT2D eigenvalue weighted by atomic mass is 10.0. The molecule has 1 aliphatic heterocycles. The van der Waals surface area contributed by atoms with Crippen molar-refractivity contribution in [3.63, 3.8) is 0 Å². The second-order valence-corrected chi connectivity index (χ2v) is 8.14. The molecule has 1 amide bonds. The number of hydrazone groups is 1. The van der Waals surface area contributed by atoms with Crippen LogP contribution in [0.3, 0.4) is 0 Å². The molecule has 0 aliphatic carbocycles. The highest BCUT2D eigenvalue weighted by Gasteiger charge is 2.36. The summed E-state index contributed by atoms with van der Waals surface area (Å²) in [5.74, 6) is -0.405. The van der Waals surface area contributed by atoms with E-state index in [2.05, 4.69) is 10.5 Å². The Morgan fingerprint density at radius 1 is 1.04 bits per heavy atom. The Morgan fingerprint density at radius 2 is 1.58 bits per heavy atom. The highest BCUT2D eigenvalue weighted by Crippen LogP contribution is 2.20. The van der Waals surface area contributed by atoms with Crippen molar-refractivity contribution < 1.29 is 13.2 Å². The molecular weight excluding hydrogens is 350 g/mol. The molecule has 1 fully saturated rings. The number of carbonyl (C=O) groups is 1. The number of carbonyl (C=O) groups excluding carboxylic acids is 1. The lowest BCUT2D eigenvalue weighted by Crippen LogP contribution is -2.44. The van der Waals surface area contributed by atoms with E-state index in [0.29, 0.717) is 25.1 Å². The van der Waals surface area contributed by atoms with Crippen LogP contribution in [0.25, 0.3) is 0 Å². The number of sulfonamides is 1. The Morgan fingerprint density at radius 3 is 2.08 bits per heavy atom. The minimum absolute atomic E-state index is 0.366. The maximum atomic E-state index is 12.5. The van der Waals surface area contributed by atoms with Crippen LogP contribution in [0.15, 0.2) is 65.8 Å². The summed E-state index contributed by atoms with van der Waals surface area (Å²) in [5, 5.41) is 4.32. The number of nitrogens with one attached hydrogen (secondary N) is 1. The summed E-state index contributed by atoms with van der Waals surface area (Å²) in [6.45, 7) is 0.366. The summed E-state index contributed by atoms with van der Waals surface area (Å²) in [7, 11) is -3.42. The van der Waals surface area contributed by atoms with E-state index in [0.717, 1.165) is 17.4 Å². The lowest BCUT2D eigenvalue weighted by molar-refractivity contribution is -0.124. The molecule has 0 radical (unpaired) electrons. The third-order valence-electron chi connectivity index (χ3n) is 4.30. The van der Waals surface area contributed by atoms with Crippen LogP contribution < -0.4 is 5.43 Å². The normalized spacial score (nSPS) is 17.7. The third-order valence-corrected chi connectivity index (χ3v) is 5.59. The molecule has 0 aromatic heterocycles. The van der Waals surface area contributed by atoms with Gasteiger partial charge in [0.15, 0.2) is 0 Å². The molecule has 2 aromatic rings. The SMILES string of the molecule is CS(=O)(=O)N1CCCC1C(=O)NN=C(c1ccccc1)c1ccccc1. The third kappa shape index (κ3) is 4.17. The summed E-state index contributed by atoms with van der Waals surface area (Å²) in [5.41, 5.74) is 4.93. The number of rotatable bonds is 5. The van der Waals surface area contributed by atoms with Gasteiger partial charge in [0.25, 0.3) is 5.91 Å². The van der Waals surface area contributed by atoms with Crippen LogP contribution in [0.4, 0.5) is 0 Å². The van der Waals surface area contributed by atoms with Crippen LogP contribution in [-0.4, -0.2) is 43.2 Å². The van der Waals surface area contributed by atoms with E-state index in [1.165, 1.54) is 4.31 Å². The fraction of sp³-hybridized carbons (Fsp3) is 0.263. The van der Waals surface area contributed by atoms with Gasteiger partial charge in [0.05, 0.1) is 12.0 Å². The first-order chi connectivity index (χ1) is 12.5. The first kappa shape index (κ1) is 18.3. The second-order valence-electron chi connectivity index (χ2n) is 6.20. The van der Waals surface area contributed by atoms with Gasteiger partial charge in [-0.3, -0.25) is 4.79 Å². The van der Waals surface area contributed by atoms with Crippen molar-refractivity contribution in [3.05, 3.63) is 71.8 Å². The van der Waals surface area contributed by atoms with Gasteiger partial charge in [-0.1, -0.05) is 60.7 Å². The van der Waals surface area contributed by atoms with Crippen LogP contribution >= 0.6 is 0 Å². The zero-order valence-electron chi connectivity index (χ0n) is 14.5. The Balaban J connectivity index is 1.86. The van der Waals surface area contributed by atoms with Crippen LogP contribution in [0.5, 0.6) is 0 Å². The Labute approximate surface area is 153 Å². The molecule has 7 heteroatoms. The molecule has 2 aromatic carbocycles. The highest BCUT2D eigenvalue weighted by atomic mass is 32.2. The van der Waals surface area contributed by atoms with Crippen molar-refractivity contribution in [2.75, 3.05) is 12.8 Å². The molecule has 6 nitrogen and oxygen atoms in total. The van der Waals surface area contributed by atoms with Crippen molar-refractivity contribution in [1.82, 2.24) is 9.73 Å².